The summed E-state index contributed by atoms with van der Waals surface area (Å²) >= 11 is 0. The lowest BCUT2D eigenvalue weighted by Gasteiger charge is -2.26. The third-order valence-corrected chi connectivity index (χ3v) is 9.48. The van der Waals surface area contributed by atoms with Crippen LogP contribution < -0.4 is 19.2 Å². The van der Waals surface area contributed by atoms with Gasteiger partial charge in [0.05, 0.1) is 27.9 Å². The topological polar surface area (TPSA) is 132 Å². The van der Waals surface area contributed by atoms with E-state index in [1.807, 2.05) is 48.5 Å². The summed E-state index contributed by atoms with van der Waals surface area (Å²) in [6, 6.07) is 30.6. The van der Waals surface area contributed by atoms with E-state index in [1.54, 1.807) is 55.5 Å². The van der Waals surface area contributed by atoms with E-state index < -0.39 is 29.0 Å². The summed E-state index contributed by atoms with van der Waals surface area (Å²) in [5.74, 6) is 2.60. The van der Waals surface area contributed by atoms with Crippen molar-refractivity contribution in [2.24, 2.45) is 5.34 Å². The van der Waals surface area contributed by atoms with Gasteiger partial charge in [-0.1, -0.05) is 50.1 Å². The summed E-state index contributed by atoms with van der Waals surface area (Å²) in [5.41, 5.74) is 3.34. The Bertz CT molecular complexity index is 2490. The van der Waals surface area contributed by atoms with E-state index in [2.05, 4.69) is 29.9 Å². The zero-order valence-corrected chi connectivity index (χ0v) is 29.8. The minimum Gasteiger partial charge on any atom is -0.457 e. The SMILES string of the molecule is C#C/C=C\C(=C/C)N1C(=O)c2ccc(Oc3ccc(C(C)(C)c4ccc(Oc5ccc6c(c5)C(=O)N(c5ccc(ON=O)cc5)C6=O)cc4)cc3)cc2C1=O. The lowest BCUT2D eigenvalue weighted by atomic mass is 9.78. The Morgan fingerprint density at radius 2 is 1.09 bits per heavy atom. The molecule has 2 heterocycles. The number of hydrogen-bond acceptors (Lipinski definition) is 9. The average molecular weight is 730 g/mol. The van der Waals surface area contributed by atoms with E-state index >= 15 is 0 Å². The third-order valence-electron chi connectivity index (χ3n) is 9.48. The van der Waals surface area contributed by atoms with E-state index in [-0.39, 0.29) is 28.0 Å². The van der Waals surface area contributed by atoms with Gasteiger partial charge >= 0.3 is 0 Å². The second-order valence-corrected chi connectivity index (χ2v) is 13.1. The van der Waals surface area contributed by atoms with Crippen LogP contribution in [0, 0.1) is 17.3 Å². The van der Waals surface area contributed by atoms with Crippen LogP contribution in [0.5, 0.6) is 28.7 Å². The average Bonchev–Trinajstić information content (AvgIpc) is 3.59. The molecule has 7 rings (SSSR count). The first-order valence-electron chi connectivity index (χ1n) is 17.0. The molecule has 0 aliphatic carbocycles. The number of benzene rings is 5. The summed E-state index contributed by atoms with van der Waals surface area (Å²) in [7, 11) is 0. The number of imide groups is 2. The maximum Gasteiger partial charge on any atom is 0.266 e. The van der Waals surface area contributed by atoms with E-state index in [9.17, 15) is 24.1 Å². The number of nitrogens with zero attached hydrogens (tertiary/aromatic N) is 3. The Morgan fingerprint density at radius 3 is 1.60 bits per heavy atom. The van der Waals surface area contributed by atoms with Gasteiger partial charge in [0, 0.05) is 11.1 Å². The molecule has 0 saturated carbocycles. The largest absolute Gasteiger partial charge is 0.457 e. The Balaban J connectivity index is 1.01. The van der Waals surface area contributed by atoms with Crippen molar-refractivity contribution >= 4 is 29.3 Å². The first-order chi connectivity index (χ1) is 26.5. The van der Waals surface area contributed by atoms with Crippen molar-refractivity contribution in [3.8, 4) is 41.1 Å². The molecular formula is C44H31N3O8. The van der Waals surface area contributed by atoms with Crippen LogP contribution in [0.2, 0.25) is 0 Å². The number of rotatable bonds is 11. The molecule has 55 heavy (non-hydrogen) atoms. The van der Waals surface area contributed by atoms with Gasteiger partial charge in [-0.15, -0.1) is 11.3 Å². The molecule has 0 bridgehead atoms. The molecule has 0 fully saturated rings. The molecule has 0 unspecified atom stereocenters. The van der Waals surface area contributed by atoms with Crippen LogP contribution in [0.4, 0.5) is 5.69 Å². The van der Waals surface area contributed by atoms with Crippen LogP contribution in [-0.2, 0) is 5.41 Å². The van der Waals surface area contributed by atoms with Crippen LogP contribution in [0.3, 0.4) is 0 Å². The van der Waals surface area contributed by atoms with Crippen molar-refractivity contribution in [1.29, 1.82) is 0 Å². The maximum absolute atomic E-state index is 13.3. The smallest absolute Gasteiger partial charge is 0.266 e. The van der Waals surface area contributed by atoms with Crippen molar-refractivity contribution in [1.82, 2.24) is 4.90 Å². The Hall–Kier alpha value is -7.58. The molecule has 0 aromatic heterocycles. The zero-order valence-electron chi connectivity index (χ0n) is 29.8. The molecule has 0 atom stereocenters. The fourth-order valence-corrected chi connectivity index (χ4v) is 6.49. The number of fused-ring (bicyclic) bond motifs is 2. The van der Waals surface area contributed by atoms with Gasteiger partial charge in [0.1, 0.15) is 23.0 Å². The second-order valence-electron chi connectivity index (χ2n) is 13.1. The number of allylic oxidation sites excluding steroid dienone is 3. The summed E-state index contributed by atoms with van der Waals surface area (Å²) in [4.78, 5) is 69.6. The standard InChI is InChI=1S/C44H31N3O8/c1-5-7-8-29(6-2)46-40(48)36-23-21-34(25-38(36)42(46)50)53-31-15-9-27(10-16-31)44(3,4)28-11-17-32(18-12-28)54-35-22-24-37-39(26-35)43(51)47(41(37)49)30-13-19-33(20-14-30)55-45-52/h1,6-26H,2-4H3/b8-7-,29-6+. The maximum atomic E-state index is 13.3. The fourth-order valence-electron chi connectivity index (χ4n) is 6.49. The van der Waals surface area contributed by atoms with E-state index in [1.165, 1.54) is 30.3 Å². The van der Waals surface area contributed by atoms with E-state index in [4.69, 9.17) is 15.9 Å². The van der Waals surface area contributed by atoms with Crippen molar-refractivity contribution in [2.75, 3.05) is 4.90 Å². The number of carbonyl (C=O) groups excluding carboxylic acids is 4. The predicted molar refractivity (Wildman–Crippen MR) is 204 cm³/mol. The van der Waals surface area contributed by atoms with Gasteiger partial charge in [-0.3, -0.25) is 19.2 Å². The molecule has 5 aromatic carbocycles. The van der Waals surface area contributed by atoms with Crippen LogP contribution in [-0.4, -0.2) is 28.5 Å². The lowest BCUT2D eigenvalue weighted by Crippen LogP contribution is -2.29. The molecule has 0 radical (unpaired) electrons. The van der Waals surface area contributed by atoms with E-state index in [0.29, 0.717) is 34.4 Å². The Morgan fingerprint density at radius 1 is 0.636 bits per heavy atom. The second kappa shape index (κ2) is 14.4. The Labute approximate surface area is 316 Å². The normalized spacial score (nSPS) is 13.9. The highest BCUT2D eigenvalue weighted by Gasteiger charge is 2.38. The monoisotopic (exact) mass is 729 g/mol. The van der Waals surface area contributed by atoms with Gasteiger partial charge in [0.15, 0.2) is 11.1 Å². The number of carbonyl (C=O) groups is 4. The number of terminal acetylenes is 1. The minimum absolute atomic E-state index is 0.180. The van der Waals surface area contributed by atoms with Crippen molar-refractivity contribution in [3.05, 3.63) is 171 Å². The lowest BCUT2D eigenvalue weighted by molar-refractivity contribution is 0.0708. The number of anilines is 1. The van der Waals surface area contributed by atoms with Crippen LogP contribution in [0.1, 0.15) is 73.3 Å². The molecule has 2 aliphatic heterocycles. The van der Waals surface area contributed by atoms with Gasteiger partial charge in [-0.05, 0) is 115 Å². The summed E-state index contributed by atoms with van der Waals surface area (Å²) < 4.78 is 12.2. The molecule has 4 amide bonds. The van der Waals surface area contributed by atoms with Gasteiger partial charge in [0.2, 0.25) is 0 Å². The molecule has 11 heteroatoms. The summed E-state index contributed by atoms with van der Waals surface area (Å²) in [6.45, 7) is 5.92. The van der Waals surface area contributed by atoms with Gasteiger partial charge in [-0.2, -0.15) is 0 Å². The molecule has 11 nitrogen and oxygen atoms in total. The van der Waals surface area contributed by atoms with Crippen molar-refractivity contribution < 1.29 is 33.5 Å². The van der Waals surface area contributed by atoms with Gasteiger partial charge in [0.25, 0.3) is 23.6 Å². The number of ether oxygens (including phenoxy) is 2. The summed E-state index contributed by atoms with van der Waals surface area (Å²) in [5, 5.41) is 2.37. The van der Waals surface area contributed by atoms with Crippen LogP contribution >= 0.6 is 0 Å². The molecule has 5 aromatic rings. The first kappa shape index (κ1) is 35.8. The molecule has 0 spiro atoms. The van der Waals surface area contributed by atoms with Gasteiger partial charge in [-0.25, -0.2) is 9.80 Å². The highest BCUT2D eigenvalue weighted by Crippen LogP contribution is 2.37. The highest BCUT2D eigenvalue weighted by atomic mass is 16.7. The molecule has 2 aliphatic rings. The molecule has 270 valence electrons. The molecule has 0 saturated heterocycles. The number of hydrogen-bond donors (Lipinski definition) is 0. The van der Waals surface area contributed by atoms with E-state index in [0.717, 1.165) is 20.9 Å². The zero-order chi connectivity index (χ0) is 38.9. The number of amides is 4. The van der Waals surface area contributed by atoms with Crippen molar-refractivity contribution in [2.45, 2.75) is 26.2 Å². The third kappa shape index (κ3) is 6.64. The predicted octanol–water partition coefficient (Wildman–Crippen LogP) is 9.15. The van der Waals surface area contributed by atoms with Crippen molar-refractivity contribution in [3.63, 3.8) is 0 Å². The highest BCUT2D eigenvalue weighted by molar-refractivity contribution is 6.34. The summed E-state index contributed by atoms with van der Waals surface area (Å²) in [6.07, 6.45) is 9.93. The van der Waals surface area contributed by atoms with Gasteiger partial charge < -0.3 is 14.3 Å². The fraction of sp³-hybridized carbons (Fsp3) is 0.0909. The molecule has 0 N–H and O–H groups in total. The molecular weight excluding hydrogens is 698 g/mol. The van der Waals surface area contributed by atoms with Crippen LogP contribution in [0.15, 0.2) is 138 Å². The quantitative estimate of drug-likeness (QED) is 0.0432. The van der Waals surface area contributed by atoms with Crippen LogP contribution in [0.25, 0.3) is 0 Å². The minimum atomic E-state index is -0.500. The Kier molecular flexibility index (Phi) is 9.40. The first-order valence-corrected chi connectivity index (χ1v) is 17.0.